The maximum absolute atomic E-state index is 11.3. The Balaban J connectivity index is 2.75. The predicted octanol–water partition coefficient (Wildman–Crippen LogP) is -2.89. The maximum atomic E-state index is 11.3. The fraction of sp³-hybridized carbons (Fsp3) is 0.875. The lowest BCUT2D eigenvalue weighted by Gasteiger charge is -2.43. The van der Waals surface area contributed by atoms with Crippen LogP contribution in [-0.2, 0) is 4.74 Å². The number of amides is 2. The highest BCUT2D eigenvalue weighted by Crippen LogP contribution is 2.22. The molecule has 1 fully saturated rings. The molecule has 10 nitrogen and oxygen atoms in total. The third kappa shape index (κ3) is 2.73. The van der Waals surface area contributed by atoms with Gasteiger partial charge in [0.2, 0.25) is 0 Å². The minimum absolute atomic E-state index is 0.356. The topological polar surface area (TPSA) is 152 Å². The maximum Gasteiger partial charge on any atom is 0.342 e. The molecule has 1 rings (SSSR count). The molecular formula is C8H15N3O7. The number of carbonyl (C=O) groups is 1. The Morgan fingerprint density at radius 1 is 1.61 bits per heavy atom. The molecule has 1 heterocycles. The largest absolute Gasteiger partial charge is 0.394 e. The second kappa shape index (κ2) is 5.54. The van der Waals surface area contributed by atoms with Crippen LogP contribution in [0, 0.1) is 4.91 Å². The van der Waals surface area contributed by atoms with Crippen LogP contribution in [0.3, 0.4) is 0 Å². The molecule has 0 aromatic heterocycles. The van der Waals surface area contributed by atoms with Crippen LogP contribution in [0.15, 0.2) is 5.29 Å². The van der Waals surface area contributed by atoms with Crippen molar-refractivity contribution in [1.82, 2.24) is 10.3 Å². The Bertz CT molecular complexity index is 328. The van der Waals surface area contributed by atoms with Crippen LogP contribution >= 0.6 is 0 Å². The number of aliphatic hydroxyl groups is 4. The van der Waals surface area contributed by atoms with Gasteiger partial charge in [-0.3, -0.25) is 0 Å². The summed E-state index contributed by atoms with van der Waals surface area (Å²) in [6.45, 7) is -1.12. The monoisotopic (exact) mass is 265 g/mol. The third-order valence-electron chi connectivity index (χ3n) is 2.63. The van der Waals surface area contributed by atoms with E-state index < -0.39 is 43.3 Å². The molecule has 0 saturated carbocycles. The SMILES string of the molecule is CN(N=O)C(=O)N[C@@]1(O)CO[C@H](CO)[C@@H](O)[C@@H]1O. The molecule has 4 atom stereocenters. The molecule has 0 aromatic carbocycles. The average Bonchev–Trinajstić information content (AvgIpc) is 2.35. The first-order valence-electron chi connectivity index (χ1n) is 5.06. The molecule has 5 N–H and O–H groups in total. The summed E-state index contributed by atoms with van der Waals surface area (Å²) in [7, 11) is 1.04. The summed E-state index contributed by atoms with van der Waals surface area (Å²) in [5, 5.41) is 42.5. The van der Waals surface area contributed by atoms with E-state index in [2.05, 4.69) is 5.29 Å². The standard InChI is InChI=1S/C8H15N3O7/c1-11(10-17)7(15)9-8(16)3-18-4(2-12)5(13)6(8)14/h4-6,12-14,16H,2-3H2,1H3,(H,9,15)/t4-,5-,6+,8-/m1/s1. The highest BCUT2D eigenvalue weighted by atomic mass is 16.5. The van der Waals surface area contributed by atoms with E-state index in [9.17, 15) is 25.0 Å². The van der Waals surface area contributed by atoms with E-state index in [4.69, 9.17) is 9.84 Å². The number of aliphatic hydroxyl groups excluding tert-OH is 3. The second-order valence-corrected chi connectivity index (χ2v) is 3.93. The molecule has 10 heteroatoms. The summed E-state index contributed by atoms with van der Waals surface area (Å²) in [6.07, 6.45) is -4.45. The van der Waals surface area contributed by atoms with Crippen molar-refractivity contribution < 1.29 is 30.0 Å². The number of nitrogens with zero attached hydrogens (tertiary/aromatic N) is 2. The number of nitroso groups, excluding NO2 is 1. The van der Waals surface area contributed by atoms with Crippen LogP contribution in [-0.4, -0.2) is 75.8 Å². The molecule has 1 saturated heterocycles. The van der Waals surface area contributed by atoms with Crippen molar-refractivity contribution in [3.8, 4) is 0 Å². The van der Waals surface area contributed by atoms with Crippen molar-refractivity contribution in [1.29, 1.82) is 0 Å². The van der Waals surface area contributed by atoms with Crippen molar-refractivity contribution in [2.24, 2.45) is 5.29 Å². The Kier molecular flexibility index (Phi) is 4.53. The zero-order chi connectivity index (χ0) is 13.9. The van der Waals surface area contributed by atoms with Gasteiger partial charge in [0, 0.05) is 7.05 Å². The second-order valence-electron chi connectivity index (χ2n) is 3.93. The van der Waals surface area contributed by atoms with E-state index in [-0.39, 0.29) is 0 Å². The first kappa shape index (κ1) is 14.7. The van der Waals surface area contributed by atoms with Gasteiger partial charge in [0.05, 0.1) is 18.5 Å². The molecule has 104 valence electrons. The number of hydrogen-bond donors (Lipinski definition) is 5. The molecule has 0 aliphatic carbocycles. The summed E-state index contributed by atoms with van der Waals surface area (Å²) >= 11 is 0. The van der Waals surface area contributed by atoms with Gasteiger partial charge in [-0.25, -0.2) is 4.79 Å². The van der Waals surface area contributed by atoms with Crippen LogP contribution in [0.2, 0.25) is 0 Å². The number of ether oxygens (including phenoxy) is 1. The number of nitrogens with one attached hydrogen (secondary N) is 1. The fourth-order valence-electron chi connectivity index (χ4n) is 1.48. The summed E-state index contributed by atoms with van der Waals surface area (Å²) in [4.78, 5) is 21.4. The first-order valence-corrected chi connectivity index (χ1v) is 5.06. The zero-order valence-electron chi connectivity index (χ0n) is 9.55. The Labute approximate surface area is 102 Å². The summed E-state index contributed by atoms with van der Waals surface area (Å²) in [5.41, 5.74) is -2.28. The lowest BCUT2D eigenvalue weighted by atomic mass is 9.95. The van der Waals surface area contributed by atoms with Gasteiger partial charge < -0.3 is 30.5 Å². The van der Waals surface area contributed by atoms with Gasteiger partial charge >= 0.3 is 6.03 Å². The molecule has 0 bridgehead atoms. The van der Waals surface area contributed by atoms with Crippen LogP contribution in [0.5, 0.6) is 0 Å². The molecule has 1 aliphatic heterocycles. The normalized spacial score (nSPS) is 35.9. The number of carbonyl (C=O) groups excluding carboxylic acids is 1. The van der Waals surface area contributed by atoms with Gasteiger partial charge in [-0.15, -0.1) is 4.91 Å². The quantitative estimate of drug-likeness (QED) is 0.208. The summed E-state index contributed by atoms with van der Waals surface area (Å²) < 4.78 is 4.89. The van der Waals surface area contributed by atoms with E-state index in [1.165, 1.54) is 0 Å². The van der Waals surface area contributed by atoms with Gasteiger partial charge in [-0.05, 0) is 0 Å². The van der Waals surface area contributed by atoms with Crippen LogP contribution in [0.25, 0.3) is 0 Å². The van der Waals surface area contributed by atoms with E-state index >= 15 is 0 Å². The van der Waals surface area contributed by atoms with Crippen LogP contribution in [0.4, 0.5) is 4.79 Å². The van der Waals surface area contributed by atoms with E-state index in [0.717, 1.165) is 7.05 Å². The minimum atomic E-state index is -2.28. The highest BCUT2D eigenvalue weighted by molar-refractivity contribution is 5.74. The van der Waals surface area contributed by atoms with Gasteiger partial charge in [-0.2, -0.15) is 5.01 Å². The van der Waals surface area contributed by atoms with Crippen molar-refractivity contribution in [3.05, 3.63) is 4.91 Å². The molecule has 0 aromatic rings. The molecule has 0 radical (unpaired) electrons. The van der Waals surface area contributed by atoms with Crippen molar-refractivity contribution in [2.75, 3.05) is 20.3 Å². The first-order chi connectivity index (χ1) is 8.35. The number of rotatable bonds is 3. The number of hydrogen-bond acceptors (Lipinski definition) is 8. The third-order valence-corrected chi connectivity index (χ3v) is 2.63. The Morgan fingerprint density at radius 3 is 2.72 bits per heavy atom. The molecule has 2 amide bonds. The van der Waals surface area contributed by atoms with Gasteiger partial charge in [0.15, 0.2) is 5.72 Å². The lowest BCUT2D eigenvalue weighted by molar-refractivity contribution is -0.246. The minimum Gasteiger partial charge on any atom is -0.394 e. The molecule has 18 heavy (non-hydrogen) atoms. The van der Waals surface area contributed by atoms with Gasteiger partial charge in [0.25, 0.3) is 0 Å². The predicted molar refractivity (Wildman–Crippen MR) is 55.9 cm³/mol. The van der Waals surface area contributed by atoms with Crippen molar-refractivity contribution in [2.45, 2.75) is 24.0 Å². The molecule has 1 aliphatic rings. The number of urea groups is 1. The van der Waals surface area contributed by atoms with E-state index in [1.54, 1.807) is 0 Å². The molecular weight excluding hydrogens is 250 g/mol. The highest BCUT2D eigenvalue weighted by Gasteiger charge is 2.49. The molecule has 0 unspecified atom stereocenters. The van der Waals surface area contributed by atoms with Gasteiger partial charge in [0.1, 0.15) is 18.3 Å². The Hall–Kier alpha value is -1.33. The fourth-order valence-corrected chi connectivity index (χ4v) is 1.48. The Morgan fingerprint density at radius 2 is 2.22 bits per heavy atom. The molecule has 0 spiro atoms. The zero-order valence-corrected chi connectivity index (χ0v) is 9.55. The van der Waals surface area contributed by atoms with E-state index in [0.29, 0.717) is 5.01 Å². The van der Waals surface area contributed by atoms with Crippen molar-refractivity contribution >= 4 is 6.03 Å². The summed E-state index contributed by atoms with van der Waals surface area (Å²) in [5.74, 6) is 0. The smallest absolute Gasteiger partial charge is 0.342 e. The average molecular weight is 265 g/mol. The van der Waals surface area contributed by atoms with Crippen molar-refractivity contribution in [3.63, 3.8) is 0 Å². The van der Waals surface area contributed by atoms with Crippen LogP contribution in [0.1, 0.15) is 0 Å². The lowest BCUT2D eigenvalue weighted by Crippen LogP contribution is -2.70. The van der Waals surface area contributed by atoms with E-state index in [1.807, 2.05) is 5.32 Å². The van der Waals surface area contributed by atoms with Gasteiger partial charge in [-0.1, -0.05) is 0 Å². The summed E-state index contributed by atoms with van der Waals surface area (Å²) in [6, 6.07) is -1.08. The van der Waals surface area contributed by atoms with Crippen LogP contribution < -0.4 is 5.32 Å².